The molecule has 0 saturated heterocycles. The summed E-state index contributed by atoms with van der Waals surface area (Å²) in [5, 5.41) is 11.1. The average molecular weight is 491 g/mol. The number of unbranched alkanes of at least 4 members (excludes halogenated alkanes) is 3. The molecule has 1 N–H and O–H groups in total. The summed E-state index contributed by atoms with van der Waals surface area (Å²) in [5.74, 6) is 0.223. The van der Waals surface area contributed by atoms with Crippen molar-refractivity contribution in [3.05, 3.63) is 10.2 Å². The Balaban J connectivity index is 5.72. The Morgan fingerprint density at radius 2 is 1.41 bits per heavy atom. The molecule has 0 aliphatic carbocycles. The summed E-state index contributed by atoms with van der Waals surface area (Å²) in [6.07, 6.45) is 8.95. The molecule has 0 aromatic rings. The van der Waals surface area contributed by atoms with Crippen molar-refractivity contribution >= 4 is 18.4 Å². The third kappa shape index (κ3) is 9.64. The Kier molecular flexibility index (Phi) is 16.5. The summed E-state index contributed by atoms with van der Waals surface area (Å²) in [4.78, 5) is 0. The van der Waals surface area contributed by atoms with E-state index in [0.717, 1.165) is 12.8 Å². The average Bonchev–Trinajstić information content (AvgIpc) is 2.67. The standard InChI is InChI=1S/C11H21O3.3C4H9.Sn/c1-5-7-9(3)11(12)10(6-2)14-8-13-4;3*1-3-4-2;/h9-12H,2,5,7-8H2,1,3-4H3;3*1,3-4H2,2H3;/t9-,10-,11+;;;;/m1..../s1. The number of rotatable bonds is 18. The Bertz CT molecular complexity index is 351. The topological polar surface area (TPSA) is 38.7 Å². The number of aliphatic hydroxyl groups excluding tert-OH is 1. The van der Waals surface area contributed by atoms with Gasteiger partial charge in [-0.2, -0.15) is 0 Å². The molecule has 0 aliphatic rings. The molecule has 3 nitrogen and oxygen atoms in total. The summed E-state index contributed by atoms with van der Waals surface area (Å²) in [6.45, 7) is 16.1. The number of hydrogen-bond acceptors (Lipinski definition) is 3. The first-order valence-corrected chi connectivity index (χ1v) is 18.9. The predicted molar refractivity (Wildman–Crippen MR) is 121 cm³/mol. The van der Waals surface area contributed by atoms with Crippen LogP contribution in [0.2, 0.25) is 13.3 Å². The first-order valence-electron chi connectivity index (χ1n) is 11.4. The molecule has 0 radical (unpaired) electrons. The van der Waals surface area contributed by atoms with Crippen LogP contribution < -0.4 is 0 Å². The van der Waals surface area contributed by atoms with E-state index in [4.69, 9.17) is 9.47 Å². The molecule has 27 heavy (non-hydrogen) atoms. The van der Waals surface area contributed by atoms with Gasteiger partial charge in [-0.3, -0.25) is 0 Å². The van der Waals surface area contributed by atoms with Crippen molar-refractivity contribution in [3.63, 3.8) is 0 Å². The van der Waals surface area contributed by atoms with Gasteiger partial charge >= 0.3 is 174 Å². The quantitative estimate of drug-likeness (QED) is 0.171. The van der Waals surface area contributed by atoms with Crippen molar-refractivity contribution in [1.29, 1.82) is 0 Å². The van der Waals surface area contributed by atoms with E-state index in [0.29, 0.717) is 0 Å². The zero-order valence-electron chi connectivity index (χ0n) is 19.2. The Labute approximate surface area is 174 Å². The predicted octanol–water partition coefficient (Wildman–Crippen LogP) is 6.72. The molecule has 0 aromatic carbocycles. The molecule has 0 spiro atoms. The van der Waals surface area contributed by atoms with Crippen LogP contribution in [0.3, 0.4) is 0 Å². The van der Waals surface area contributed by atoms with E-state index < -0.39 is 24.5 Å². The zero-order chi connectivity index (χ0) is 20.7. The van der Waals surface area contributed by atoms with Gasteiger partial charge in [-0.05, 0) is 0 Å². The third-order valence-corrected chi connectivity index (χ3v) is 22.0. The van der Waals surface area contributed by atoms with Crippen molar-refractivity contribution < 1.29 is 14.6 Å². The molecular formula is C23H48O3Sn. The summed E-state index contributed by atoms with van der Waals surface area (Å²) in [6, 6.07) is 0. The molecule has 0 amide bonds. The Hall–Kier alpha value is 0.419. The minimum atomic E-state index is -2.67. The van der Waals surface area contributed by atoms with Crippen LogP contribution >= 0.6 is 0 Å². The van der Waals surface area contributed by atoms with Crippen molar-refractivity contribution in [2.45, 2.75) is 112 Å². The van der Waals surface area contributed by atoms with Crippen LogP contribution in [0.25, 0.3) is 0 Å². The van der Waals surface area contributed by atoms with Crippen LogP contribution in [0.1, 0.15) is 86.0 Å². The van der Waals surface area contributed by atoms with Gasteiger partial charge < -0.3 is 0 Å². The van der Waals surface area contributed by atoms with E-state index in [1.54, 1.807) is 7.11 Å². The van der Waals surface area contributed by atoms with Gasteiger partial charge in [0.1, 0.15) is 0 Å². The molecule has 0 aliphatic heterocycles. The number of ether oxygens (including phenoxy) is 2. The van der Waals surface area contributed by atoms with Crippen molar-refractivity contribution in [1.82, 2.24) is 0 Å². The van der Waals surface area contributed by atoms with E-state index in [1.165, 1.54) is 55.4 Å². The molecule has 162 valence electrons. The fourth-order valence-corrected chi connectivity index (χ4v) is 20.3. The van der Waals surface area contributed by atoms with Gasteiger partial charge in [-0.1, -0.05) is 0 Å². The minimum absolute atomic E-state index is 0.223. The second kappa shape index (κ2) is 16.2. The van der Waals surface area contributed by atoms with E-state index >= 15 is 0 Å². The van der Waals surface area contributed by atoms with Crippen LogP contribution in [0.5, 0.6) is 0 Å². The summed E-state index contributed by atoms with van der Waals surface area (Å²) in [5.41, 5.74) is 0. The number of methoxy groups -OCH3 is 1. The molecule has 0 aromatic heterocycles. The van der Waals surface area contributed by atoms with E-state index in [9.17, 15) is 5.11 Å². The Morgan fingerprint density at radius 1 is 0.926 bits per heavy atom. The maximum atomic E-state index is 11.1. The van der Waals surface area contributed by atoms with Crippen LogP contribution in [0, 0.1) is 5.92 Å². The fraction of sp³-hybridized carbons (Fsp3) is 0.913. The van der Waals surface area contributed by atoms with Gasteiger partial charge in [0.05, 0.1) is 0 Å². The van der Waals surface area contributed by atoms with Crippen molar-refractivity contribution in [2.24, 2.45) is 5.92 Å². The molecule has 0 unspecified atom stereocenters. The maximum absolute atomic E-state index is 11.1. The molecule has 3 atom stereocenters. The fourth-order valence-electron chi connectivity index (χ4n) is 4.18. The first kappa shape index (κ1) is 27.4. The summed E-state index contributed by atoms with van der Waals surface area (Å²) >= 11 is -2.67. The zero-order valence-corrected chi connectivity index (χ0v) is 22.0. The molecule has 0 bridgehead atoms. The summed E-state index contributed by atoms with van der Waals surface area (Å²) < 4.78 is 16.7. The van der Waals surface area contributed by atoms with Gasteiger partial charge in [-0.15, -0.1) is 0 Å². The van der Waals surface area contributed by atoms with Crippen molar-refractivity contribution in [3.8, 4) is 0 Å². The van der Waals surface area contributed by atoms with E-state index in [-0.39, 0.29) is 18.8 Å². The van der Waals surface area contributed by atoms with Gasteiger partial charge in [0.15, 0.2) is 0 Å². The van der Waals surface area contributed by atoms with Crippen LogP contribution in [0.15, 0.2) is 10.2 Å². The number of aliphatic hydroxyl groups is 1. The third-order valence-electron chi connectivity index (χ3n) is 6.05. The van der Waals surface area contributed by atoms with E-state index in [1.807, 2.05) is 0 Å². The van der Waals surface area contributed by atoms with Crippen LogP contribution in [-0.2, 0) is 9.47 Å². The molecular weight excluding hydrogens is 443 g/mol. The van der Waals surface area contributed by atoms with Gasteiger partial charge in [-0.25, -0.2) is 0 Å². The monoisotopic (exact) mass is 492 g/mol. The molecule has 4 heteroatoms. The van der Waals surface area contributed by atoms with Gasteiger partial charge in [0.2, 0.25) is 0 Å². The Morgan fingerprint density at radius 3 is 1.78 bits per heavy atom. The normalized spacial score (nSPS) is 15.5. The van der Waals surface area contributed by atoms with E-state index in [2.05, 4.69) is 41.2 Å². The SMILES string of the molecule is C=[C]([C@@H](OCOC)[C@@H](O)[C@H](C)CCC)[Sn]([CH2]CCC)([CH2]CCC)[CH2]CCC. The van der Waals surface area contributed by atoms with Crippen LogP contribution in [0.4, 0.5) is 0 Å². The first-order chi connectivity index (χ1) is 12.9. The van der Waals surface area contributed by atoms with Crippen molar-refractivity contribution in [2.75, 3.05) is 13.9 Å². The number of hydrogen-bond donors (Lipinski definition) is 1. The molecule has 0 fully saturated rings. The van der Waals surface area contributed by atoms with Crippen LogP contribution in [-0.4, -0.2) is 49.6 Å². The van der Waals surface area contributed by atoms with Gasteiger partial charge in [0, 0.05) is 0 Å². The van der Waals surface area contributed by atoms with Gasteiger partial charge in [0.25, 0.3) is 0 Å². The summed E-state index contributed by atoms with van der Waals surface area (Å²) in [7, 11) is 1.66. The molecule has 0 rings (SSSR count). The second-order valence-electron chi connectivity index (χ2n) is 8.37. The molecule has 0 saturated carbocycles. The molecule has 0 heterocycles. The second-order valence-corrected chi connectivity index (χ2v) is 21.8.